The van der Waals surface area contributed by atoms with Gasteiger partial charge < -0.3 is 24.8 Å². The second kappa shape index (κ2) is 14.6. The molecule has 238 valence electrons. The number of rotatable bonds is 4. The van der Waals surface area contributed by atoms with Crippen LogP contribution in [0.1, 0.15) is 96.1 Å². The fourth-order valence-electron chi connectivity index (χ4n) is 7.35. The average Bonchev–Trinajstić information content (AvgIpc) is 3.57. The Morgan fingerprint density at radius 1 is 0.652 bits per heavy atom. The summed E-state index contributed by atoms with van der Waals surface area (Å²) in [5.74, 6) is 0. The molecule has 0 radical (unpaired) electrons. The molecule has 6 rings (SSSR count). The normalized spacial score (nSPS) is 13.6. The molecule has 46 heavy (non-hydrogen) atoms. The van der Waals surface area contributed by atoms with E-state index in [2.05, 4.69) is 192 Å². The van der Waals surface area contributed by atoms with Crippen molar-refractivity contribution in [2.75, 3.05) is 0 Å². The molecule has 0 aliphatic heterocycles. The van der Waals surface area contributed by atoms with E-state index in [1.807, 2.05) is 0 Å². The Morgan fingerprint density at radius 2 is 1.07 bits per heavy atom. The number of fused-ring (bicyclic) bond motifs is 3. The maximum atomic E-state index is 2.59. The summed E-state index contributed by atoms with van der Waals surface area (Å²) >= 11 is 2.17. The zero-order valence-electron chi connectivity index (χ0n) is 28.0. The van der Waals surface area contributed by atoms with E-state index in [4.69, 9.17) is 0 Å². The maximum Gasteiger partial charge on any atom is -1.00 e. The summed E-state index contributed by atoms with van der Waals surface area (Å²) in [6.07, 6.45) is 8.26. The van der Waals surface area contributed by atoms with Crippen LogP contribution in [0.3, 0.4) is 0 Å². The second-order valence-electron chi connectivity index (χ2n) is 14.6. The Balaban J connectivity index is 0.00000240. The van der Waals surface area contributed by atoms with Crippen LogP contribution in [0.2, 0.25) is 0 Å². The molecule has 0 fully saturated rings. The molecule has 4 aromatic rings. The van der Waals surface area contributed by atoms with Gasteiger partial charge in [0, 0.05) is 0 Å². The Hall–Kier alpha value is -0.847. The molecule has 0 saturated heterocycles. The Bertz CT molecular complexity index is 1750. The van der Waals surface area contributed by atoms with Gasteiger partial charge in [-0.15, -0.1) is 0 Å². The molecule has 0 spiro atoms. The molecule has 0 unspecified atom stereocenters. The fraction of sp³-hybridized carbons (Fsp3) is 0.293. The molecular weight excluding hydrogens is 908 g/mol. The molecule has 0 aromatic heterocycles. The molecule has 5 heteroatoms. The van der Waals surface area contributed by atoms with Crippen molar-refractivity contribution in [2.45, 2.75) is 76.3 Å². The number of aryl methyl sites for hydroxylation is 2. The summed E-state index contributed by atoms with van der Waals surface area (Å²) in [5, 5.41) is 0. The Labute approximate surface area is 324 Å². The molecule has 0 saturated carbocycles. The molecular formula is C41H42Cl2I2Zr. The number of hydrogen-bond acceptors (Lipinski definition) is 0. The number of halogens is 4. The van der Waals surface area contributed by atoms with Crippen LogP contribution in [-0.2, 0) is 32.1 Å². The Morgan fingerprint density at radius 3 is 1.41 bits per heavy atom. The zero-order chi connectivity index (χ0) is 31.6. The molecule has 0 heterocycles. The van der Waals surface area contributed by atoms with Crippen LogP contribution in [-0.4, -0.2) is 3.21 Å². The van der Waals surface area contributed by atoms with Crippen LogP contribution in [0.4, 0.5) is 0 Å². The van der Waals surface area contributed by atoms with Gasteiger partial charge in [-0.2, -0.15) is 0 Å². The quantitative estimate of drug-likeness (QED) is 0.224. The van der Waals surface area contributed by atoms with Crippen molar-refractivity contribution in [3.8, 4) is 11.1 Å². The van der Waals surface area contributed by atoms with Crippen LogP contribution in [0.5, 0.6) is 0 Å². The minimum Gasteiger partial charge on any atom is -1.00 e. The molecule has 0 N–H and O–H groups in total. The molecule has 0 nitrogen and oxygen atoms in total. The summed E-state index contributed by atoms with van der Waals surface area (Å²) in [6.45, 7) is 18.9. The molecule has 2 aliphatic rings. The third kappa shape index (κ3) is 7.35. The Kier molecular flexibility index (Phi) is 12.0. The van der Waals surface area contributed by atoms with E-state index in [1.165, 1.54) is 51.6 Å². The molecule has 0 bridgehead atoms. The van der Waals surface area contributed by atoms with E-state index in [9.17, 15) is 0 Å². The van der Waals surface area contributed by atoms with Gasteiger partial charge in [0.1, 0.15) is 0 Å². The van der Waals surface area contributed by atoms with Crippen LogP contribution in [0.15, 0.2) is 94.3 Å². The first-order valence-electron chi connectivity index (χ1n) is 15.7. The first kappa shape index (κ1) is 38.0. The van der Waals surface area contributed by atoms with E-state index in [0.29, 0.717) is 3.63 Å². The van der Waals surface area contributed by atoms with Crippen molar-refractivity contribution in [2.24, 2.45) is 0 Å². The van der Waals surface area contributed by atoms with E-state index in [1.54, 1.807) is 17.6 Å². The standard InChI is InChI=1S/C23H29.C13H8I2.C5H5.2ClH.Zr/c1-14-9-16-11-17-10-15(2)21(23(6,7)8)13-19(17)18(16)12-20(14)22(3,4)5;14-12-5-1-10(2-6-12)9-11-3-7-13(15)8-4-11;1-2-4-5-3-1;;;/h9-13H,1-8H3;1-8H;1-3H,4H2;2*1H;/q;;;;;+2/p-2. The van der Waals surface area contributed by atoms with Gasteiger partial charge in [-0.25, -0.2) is 0 Å². The van der Waals surface area contributed by atoms with Gasteiger partial charge in [-0.3, -0.25) is 0 Å². The summed E-state index contributed by atoms with van der Waals surface area (Å²) in [4.78, 5) is 0. The van der Waals surface area contributed by atoms with Crippen molar-refractivity contribution >= 4 is 48.4 Å². The summed E-state index contributed by atoms with van der Waals surface area (Å²) in [5.41, 5.74) is 14.8. The van der Waals surface area contributed by atoms with Gasteiger partial charge in [0.25, 0.3) is 0 Å². The van der Waals surface area contributed by atoms with Crippen LogP contribution >= 0.6 is 45.2 Å². The van der Waals surface area contributed by atoms with E-state index >= 15 is 0 Å². The first-order valence-corrected chi connectivity index (χ1v) is 21.7. The van der Waals surface area contributed by atoms with Gasteiger partial charge in [-0.05, 0) is 0 Å². The summed E-state index contributed by atoms with van der Waals surface area (Å²) in [7, 11) is 0. The van der Waals surface area contributed by atoms with Crippen LogP contribution in [0.25, 0.3) is 11.1 Å². The van der Waals surface area contributed by atoms with Crippen molar-refractivity contribution in [1.29, 1.82) is 0 Å². The largest absolute Gasteiger partial charge is 1.00 e. The molecule has 0 amide bonds. The van der Waals surface area contributed by atoms with Crippen molar-refractivity contribution in [3.63, 3.8) is 0 Å². The molecule has 0 atom stereocenters. The zero-order valence-corrected chi connectivity index (χ0v) is 36.2. The third-order valence-electron chi connectivity index (χ3n) is 9.26. The third-order valence-corrected chi connectivity index (χ3v) is 19.0. The van der Waals surface area contributed by atoms with Gasteiger partial charge >= 0.3 is 303 Å². The minimum absolute atomic E-state index is 0. The van der Waals surface area contributed by atoms with Gasteiger partial charge in [0.2, 0.25) is 0 Å². The van der Waals surface area contributed by atoms with E-state index < -0.39 is 21.3 Å². The fourth-order valence-corrected chi connectivity index (χ4v) is 17.0. The number of allylic oxidation sites excluding steroid dienone is 4. The second-order valence-corrected chi connectivity index (χ2v) is 23.3. The maximum absolute atomic E-state index is 2.71. The summed E-state index contributed by atoms with van der Waals surface area (Å²) < 4.78 is 6.30. The monoisotopic (exact) mass is 948 g/mol. The van der Waals surface area contributed by atoms with Crippen LogP contribution < -0.4 is 24.8 Å². The number of benzene rings is 4. The van der Waals surface area contributed by atoms with E-state index in [-0.39, 0.29) is 35.6 Å². The van der Waals surface area contributed by atoms with Gasteiger partial charge in [0.05, 0.1) is 0 Å². The summed E-state index contributed by atoms with van der Waals surface area (Å²) in [6, 6.07) is 29.0. The van der Waals surface area contributed by atoms with Crippen molar-refractivity contribution in [3.05, 3.63) is 146 Å². The first-order chi connectivity index (χ1) is 20.7. The van der Waals surface area contributed by atoms with Crippen LogP contribution in [0, 0.1) is 21.0 Å². The van der Waals surface area contributed by atoms with E-state index in [0.717, 1.165) is 6.42 Å². The minimum atomic E-state index is -2.71. The number of hydrogen-bond donors (Lipinski definition) is 0. The van der Waals surface area contributed by atoms with Crippen molar-refractivity contribution < 1.29 is 46.1 Å². The average molecular weight is 951 g/mol. The SMILES string of the molecule is Cc1cc2c(cc1C(C)(C)C)-c1cc(C(C)(C)C)c(C)cc1[CH]2[Zr+2]([C]1=CC=CC1)=[C](c1ccc(I)cc1)c1ccc(I)cc1.[Cl-].[Cl-]. The molecule has 2 aliphatic carbocycles. The van der Waals surface area contributed by atoms with Gasteiger partial charge in [-0.1, -0.05) is 0 Å². The predicted molar refractivity (Wildman–Crippen MR) is 204 cm³/mol. The van der Waals surface area contributed by atoms with Gasteiger partial charge in [0.15, 0.2) is 0 Å². The molecule has 4 aromatic carbocycles. The topological polar surface area (TPSA) is 0 Å². The predicted octanol–water partition coefficient (Wildman–Crippen LogP) is 5.92. The van der Waals surface area contributed by atoms with Crippen molar-refractivity contribution in [1.82, 2.24) is 0 Å². The smallest absolute Gasteiger partial charge is 1.00 e.